The number of hydrogen-bond acceptors (Lipinski definition) is 6. The second kappa shape index (κ2) is 7.03. The highest BCUT2D eigenvalue weighted by molar-refractivity contribution is 14.1. The van der Waals surface area contributed by atoms with Crippen LogP contribution in [0.4, 0.5) is 4.79 Å². The van der Waals surface area contributed by atoms with E-state index >= 15 is 0 Å². The van der Waals surface area contributed by atoms with E-state index in [-0.39, 0.29) is 30.5 Å². The Bertz CT molecular complexity index is 1130. The molecule has 9 nitrogen and oxygen atoms in total. The van der Waals surface area contributed by atoms with E-state index in [4.69, 9.17) is 10.2 Å². The number of halogens is 1. The van der Waals surface area contributed by atoms with Gasteiger partial charge >= 0.3 is 6.03 Å². The van der Waals surface area contributed by atoms with Crippen molar-refractivity contribution in [2.24, 2.45) is 5.73 Å². The number of carbonyl (C=O) groups is 3. The third kappa shape index (κ3) is 3.18. The molecule has 29 heavy (non-hydrogen) atoms. The van der Waals surface area contributed by atoms with E-state index in [0.29, 0.717) is 32.1 Å². The van der Waals surface area contributed by atoms with Gasteiger partial charge in [-0.15, -0.1) is 0 Å². The molecular formula is C19H15IN4O5. The highest BCUT2D eigenvalue weighted by Gasteiger charge is 2.43. The first kappa shape index (κ1) is 19.2. The number of primary amides is 1. The van der Waals surface area contributed by atoms with Crippen molar-refractivity contribution in [2.45, 2.75) is 12.1 Å². The topological polar surface area (TPSA) is 139 Å². The Labute approximate surface area is 178 Å². The molecule has 2 aromatic heterocycles. The minimum atomic E-state index is -1.70. The van der Waals surface area contributed by atoms with Gasteiger partial charge in [-0.3, -0.25) is 9.78 Å². The smallest absolute Gasteiger partial charge is 0.313 e. The van der Waals surface area contributed by atoms with Crippen molar-refractivity contribution in [3.05, 3.63) is 57.0 Å². The highest BCUT2D eigenvalue weighted by Crippen LogP contribution is 2.35. The number of fused-ring (bicyclic) bond motifs is 2. The minimum Gasteiger partial charge on any atom is -0.507 e. The third-order valence-corrected chi connectivity index (χ3v) is 5.88. The van der Waals surface area contributed by atoms with Crippen LogP contribution in [0.2, 0.25) is 0 Å². The third-order valence-electron chi connectivity index (χ3n) is 4.79. The maximum absolute atomic E-state index is 13.0. The maximum atomic E-state index is 13.0. The van der Waals surface area contributed by atoms with Crippen molar-refractivity contribution in [2.75, 3.05) is 6.54 Å². The van der Waals surface area contributed by atoms with Crippen molar-refractivity contribution in [3.63, 3.8) is 0 Å². The molecule has 0 aliphatic carbocycles. The van der Waals surface area contributed by atoms with Crippen molar-refractivity contribution >= 4 is 51.9 Å². The van der Waals surface area contributed by atoms with Gasteiger partial charge in [-0.2, -0.15) is 0 Å². The van der Waals surface area contributed by atoms with Crippen LogP contribution in [0.3, 0.4) is 0 Å². The molecule has 0 fully saturated rings. The lowest BCUT2D eigenvalue weighted by Crippen LogP contribution is -2.55. The van der Waals surface area contributed by atoms with Crippen molar-refractivity contribution in [1.29, 1.82) is 0 Å². The van der Waals surface area contributed by atoms with E-state index < -0.39 is 11.6 Å². The van der Waals surface area contributed by atoms with Crippen molar-refractivity contribution in [3.8, 4) is 5.75 Å². The molecule has 148 valence electrons. The number of hydrogen-bond donors (Lipinski definition) is 3. The Kier molecular flexibility index (Phi) is 4.65. The van der Waals surface area contributed by atoms with Crippen molar-refractivity contribution in [1.82, 2.24) is 15.2 Å². The molecule has 1 unspecified atom stereocenters. The fourth-order valence-corrected chi connectivity index (χ4v) is 4.20. The number of urea groups is 1. The van der Waals surface area contributed by atoms with Gasteiger partial charge in [0.05, 0.1) is 15.7 Å². The van der Waals surface area contributed by atoms with Gasteiger partial charge in [-0.25, -0.2) is 4.79 Å². The number of pyridine rings is 1. The van der Waals surface area contributed by atoms with Crippen LogP contribution >= 0.6 is 22.6 Å². The number of carbonyl (C=O) groups excluding carboxylic acids is 3. The molecule has 10 heteroatoms. The molecule has 1 aliphatic heterocycles. The molecule has 1 aromatic carbocycles. The summed E-state index contributed by atoms with van der Waals surface area (Å²) in [6.07, 6.45) is 2.06. The number of rotatable bonds is 5. The van der Waals surface area contributed by atoms with E-state index in [1.54, 1.807) is 24.4 Å². The summed E-state index contributed by atoms with van der Waals surface area (Å²) in [6, 6.07) is 7.10. The Morgan fingerprint density at radius 2 is 2.24 bits per heavy atom. The zero-order valence-corrected chi connectivity index (χ0v) is 17.0. The molecule has 3 aromatic rings. The fourth-order valence-electron chi connectivity index (χ4n) is 3.45. The van der Waals surface area contributed by atoms with Crippen LogP contribution in [0.1, 0.15) is 21.7 Å². The van der Waals surface area contributed by atoms with Gasteiger partial charge in [0.25, 0.3) is 5.91 Å². The summed E-state index contributed by atoms with van der Waals surface area (Å²) in [6.45, 7) is 0.00256. The van der Waals surface area contributed by atoms with Crippen LogP contribution in [0.25, 0.3) is 11.1 Å². The second-order valence-electron chi connectivity index (χ2n) is 6.67. The number of furan rings is 1. The first-order valence-electron chi connectivity index (χ1n) is 8.53. The number of phenols is 1. The quantitative estimate of drug-likeness (QED) is 0.357. The van der Waals surface area contributed by atoms with E-state index in [1.165, 1.54) is 17.0 Å². The van der Waals surface area contributed by atoms with E-state index in [9.17, 15) is 19.5 Å². The molecule has 0 radical (unpaired) electrons. The van der Waals surface area contributed by atoms with Crippen LogP contribution in [-0.2, 0) is 16.9 Å². The minimum absolute atomic E-state index is 0.000167. The zero-order valence-electron chi connectivity index (χ0n) is 14.9. The van der Waals surface area contributed by atoms with Crippen LogP contribution in [0.15, 0.2) is 40.9 Å². The van der Waals surface area contributed by atoms with Crippen LogP contribution in [0.5, 0.6) is 5.75 Å². The Morgan fingerprint density at radius 3 is 2.93 bits per heavy atom. The molecule has 0 bridgehead atoms. The highest BCUT2D eigenvalue weighted by atomic mass is 127. The maximum Gasteiger partial charge on any atom is 0.313 e. The SMILES string of the molecule is NC(=O)NC(C=O)(CN1Cc2ccc(O)c(I)c2C1=O)c1cc2ncccc2o1. The summed E-state index contributed by atoms with van der Waals surface area (Å²) in [4.78, 5) is 42.4. The number of benzene rings is 1. The number of phenolic OH excluding ortho intramolecular Hbond substituents is 1. The number of aromatic hydroxyl groups is 1. The Hall–Kier alpha value is -3.15. The van der Waals surface area contributed by atoms with E-state index in [0.717, 1.165) is 0 Å². The zero-order chi connectivity index (χ0) is 20.8. The normalized spacial score (nSPS) is 15.2. The molecule has 1 atom stereocenters. The predicted molar refractivity (Wildman–Crippen MR) is 110 cm³/mol. The first-order chi connectivity index (χ1) is 13.8. The van der Waals surface area contributed by atoms with E-state index in [2.05, 4.69) is 10.3 Å². The van der Waals surface area contributed by atoms with Gasteiger partial charge < -0.3 is 30.3 Å². The van der Waals surface area contributed by atoms with Crippen LogP contribution in [0, 0.1) is 3.57 Å². The lowest BCUT2D eigenvalue weighted by atomic mass is 9.97. The molecule has 4 N–H and O–H groups in total. The standard InChI is InChI=1S/C19H15IN4O5/c20-16-12(26)4-3-10-7-24(17(27)15(10)16)8-19(9-25,23-18(21)28)14-6-11-13(29-14)2-1-5-22-11/h1-6,9,26H,7-8H2,(H3,21,23,28). The summed E-state index contributed by atoms with van der Waals surface area (Å²) >= 11 is 1.90. The number of nitrogens with zero attached hydrogens (tertiary/aromatic N) is 2. The predicted octanol–water partition coefficient (Wildman–Crippen LogP) is 1.86. The molecule has 3 amide bonds. The van der Waals surface area contributed by atoms with Crippen molar-refractivity contribution < 1.29 is 23.9 Å². The lowest BCUT2D eigenvalue weighted by molar-refractivity contribution is -0.114. The Morgan fingerprint density at radius 1 is 1.45 bits per heavy atom. The monoisotopic (exact) mass is 506 g/mol. The summed E-state index contributed by atoms with van der Waals surface area (Å²) in [5.41, 5.74) is 5.63. The molecule has 1 aliphatic rings. The molecule has 0 spiro atoms. The molecule has 4 rings (SSSR count). The van der Waals surface area contributed by atoms with Gasteiger partial charge in [0.15, 0.2) is 17.4 Å². The first-order valence-corrected chi connectivity index (χ1v) is 9.61. The van der Waals surface area contributed by atoms with Crippen LogP contribution < -0.4 is 11.1 Å². The molecule has 3 heterocycles. The average Bonchev–Trinajstić information content (AvgIpc) is 3.26. The summed E-state index contributed by atoms with van der Waals surface area (Å²) < 4.78 is 6.18. The number of nitrogens with one attached hydrogen (secondary N) is 1. The molecule has 0 saturated carbocycles. The number of amides is 3. The van der Waals surface area contributed by atoms with Gasteiger partial charge in [0.1, 0.15) is 17.0 Å². The fraction of sp³-hybridized carbons (Fsp3) is 0.158. The van der Waals surface area contributed by atoms with Gasteiger partial charge in [0.2, 0.25) is 0 Å². The number of aldehydes is 1. The van der Waals surface area contributed by atoms with Crippen LogP contribution in [-0.4, -0.2) is 39.8 Å². The lowest BCUT2D eigenvalue weighted by Gasteiger charge is -2.30. The number of nitrogens with two attached hydrogens (primary N) is 1. The van der Waals surface area contributed by atoms with Gasteiger partial charge in [-0.05, 0) is 46.4 Å². The summed E-state index contributed by atoms with van der Waals surface area (Å²) in [7, 11) is 0. The number of aromatic nitrogens is 1. The van der Waals surface area contributed by atoms with E-state index in [1.807, 2.05) is 22.6 Å². The molecule has 0 saturated heterocycles. The summed E-state index contributed by atoms with van der Waals surface area (Å²) in [5, 5.41) is 12.3. The molecular weight excluding hydrogens is 491 g/mol. The van der Waals surface area contributed by atoms with Gasteiger partial charge in [0, 0.05) is 18.8 Å². The summed E-state index contributed by atoms with van der Waals surface area (Å²) in [5.74, 6) is -0.256. The average molecular weight is 506 g/mol. The largest absolute Gasteiger partial charge is 0.507 e. The second-order valence-corrected chi connectivity index (χ2v) is 7.75. The van der Waals surface area contributed by atoms with Gasteiger partial charge in [-0.1, -0.05) is 6.07 Å². The Balaban J connectivity index is 1.75.